The number of carbonyl (C=O) groups is 1. The minimum atomic E-state index is -0.0195. The van der Waals surface area contributed by atoms with E-state index in [4.69, 9.17) is 0 Å². The van der Waals surface area contributed by atoms with Gasteiger partial charge in [-0.2, -0.15) is 0 Å². The number of unbranched alkanes of at least 4 members (excludes halogenated alkanes) is 2. The Morgan fingerprint density at radius 1 is 1.27 bits per heavy atom. The van der Waals surface area contributed by atoms with Crippen molar-refractivity contribution >= 4 is 17.7 Å². The highest BCUT2D eigenvalue weighted by atomic mass is 32.2. The van der Waals surface area contributed by atoms with E-state index in [-0.39, 0.29) is 5.91 Å². The molecule has 0 aliphatic rings. The first-order valence-electron chi connectivity index (χ1n) is 9.55. The molecule has 3 heteroatoms. The van der Waals surface area contributed by atoms with Crippen molar-refractivity contribution in [2.75, 3.05) is 12.3 Å². The highest BCUT2D eigenvalue weighted by molar-refractivity contribution is 8.03. The Balaban J connectivity index is 2.60. The lowest BCUT2D eigenvalue weighted by Gasteiger charge is -2.11. The third-order valence-corrected chi connectivity index (χ3v) is 5.14. The van der Waals surface area contributed by atoms with E-state index < -0.39 is 0 Å². The topological polar surface area (TPSA) is 29.1 Å². The van der Waals surface area contributed by atoms with Crippen LogP contribution in [0.1, 0.15) is 56.0 Å². The number of carbonyl (C=O) groups excluding carboxylic acids is 1. The molecule has 0 aliphatic carbocycles. The molecule has 26 heavy (non-hydrogen) atoms. The van der Waals surface area contributed by atoms with Gasteiger partial charge < -0.3 is 5.32 Å². The first-order valence-corrected chi connectivity index (χ1v) is 10.5. The summed E-state index contributed by atoms with van der Waals surface area (Å²) in [5, 5.41) is 3.04. The fraction of sp³-hybridized carbons (Fsp3) is 0.435. The Hall–Kier alpha value is -1.74. The van der Waals surface area contributed by atoms with Crippen LogP contribution >= 0.6 is 11.8 Å². The van der Waals surface area contributed by atoms with E-state index in [2.05, 4.69) is 50.0 Å². The van der Waals surface area contributed by atoms with Crippen molar-refractivity contribution in [1.82, 2.24) is 5.32 Å². The van der Waals surface area contributed by atoms with Gasteiger partial charge in [-0.15, -0.1) is 18.3 Å². The average Bonchev–Trinajstić information content (AvgIpc) is 2.66. The van der Waals surface area contributed by atoms with Crippen molar-refractivity contribution in [3.63, 3.8) is 0 Å². The molecular formula is C23H33NOS. The normalized spacial score (nSPS) is 13.0. The average molecular weight is 372 g/mol. The molecule has 0 saturated carbocycles. The summed E-state index contributed by atoms with van der Waals surface area (Å²) in [7, 11) is 0. The summed E-state index contributed by atoms with van der Waals surface area (Å²) >= 11 is 1.75. The summed E-state index contributed by atoms with van der Waals surface area (Å²) in [6, 6.07) is 8.00. The van der Waals surface area contributed by atoms with Crippen molar-refractivity contribution in [2.45, 2.75) is 46.5 Å². The highest BCUT2D eigenvalue weighted by Gasteiger charge is 2.07. The van der Waals surface area contributed by atoms with Crippen LogP contribution in [0.4, 0.5) is 0 Å². The molecule has 0 heterocycles. The van der Waals surface area contributed by atoms with E-state index in [0.29, 0.717) is 12.5 Å². The molecule has 0 bridgehead atoms. The van der Waals surface area contributed by atoms with Crippen LogP contribution in [-0.2, 0) is 6.42 Å². The third kappa shape index (κ3) is 9.10. The molecule has 1 unspecified atom stereocenters. The van der Waals surface area contributed by atoms with Crippen molar-refractivity contribution in [2.24, 2.45) is 5.92 Å². The minimum absolute atomic E-state index is 0.0195. The second-order valence-corrected chi connectivity index (χ2v) is 7.59. The van der Waals surface area contributed by atoms with Gasteiger partial charge >= 0.3 is 0 Å². The fourth-order valence-electron chi connectivity index (χ4n) is 2.44. The van der Waals surface area contributed by atoms with Gasteiger partial charge in [-0.3, -0.25) is 4.79 Å². The van der Waals surface area contributed by atoms with Gasteiger partial charge in [-0.1, -0.05) is 63.1 Å². The monoisotopic (exact) mass is 371 g/mol. The molecule has 0 radical (unpaired) electrons. The molecule has 1 amide bonds. The number of aryl methyl sites for hydroxylation is 1. The second-order valence-electron chi connectivity index (χ2n) is 6.44. The Bertz CT molecular complexity index is 601. The standard InChI is InChI=1S/C23H33NOS/c1-5-8-10-11-20-12-14-21(15-13-20)23(25)24-18-22(17-19(4)7-3)26-16-9-6-2/h6-7,9,12-15,17,19H,3,5,8,10-11,16,18H2,1-2,4H3,(H,24,25)/b9-6-,22-17-. The first kappa shape index (κ1) is 22.3. The van der Waals surface area contributed by atoms with E-state index in [0.717, 1.165) is 17.7 Å². The maximum absolute atomic E-state index is 12.4. The molecule has 1 rings (SSSR count). The number of amides is 1. The molecule has 0 aliphatic heterocycles. The van der Waals surface area contributed by atoms with E-state index >= 15 is 0 Å². The molecule has 0 fully saturated rings. The highest BCUT2D eigenvalue weighted by Crippen LogP contribution is 2.18. The number of thioether (sulfide) groups is 1. The van der Waals surface area contributed by atoms with E-state index in [9.17, 15) is 4.79 Å². The SMILES string of the molecule is C=CC(C)/C=C(/CNC(=O)c1ccc(CCCCC)cc1)SC/C=C\C. The van der Waals surface area contributed by atoms with Gasteiger partial charge in [0.2, 0.25) is 0 Å². The van der Waals surface area contributed by atoms with Crippen LogP contribution < -0.4 is 5.32 Å². The molecule has 142 valence electrons. The zero-order valence-corrected chi connectivity index (χ0v) is 17.3. The molecule has 0 saturated heterocycles. The van der Waals surface area contributed by atoms with E-state index in [1.165, 1.54) is 29.7 Å². The lowest BCUT2D eigenvalue weighted by atomic mass is 10.1. The summed E-state index contributed by atoms with van der Waals surface area (Å²) in [4.78, 5) is 13.6. The quantitative estimate of drug-likeness (QED) is 0.352. The summed E-state index contributed by atoms with van der Waals surface area (Å²) in [6.07, 6.45) is 13.0. The van der Waals surface area contributed by atoms with Crippen LogP contribution in [-0.4, -0.2) is 18.2 Å². The largest absolute Gasteiger partial charge is 0.347 e. The summed E-state index contributed by atoms with van der Waals surface area (Å²) in [5.74, 6) is 1.19. The second kappa shape index (κ2) is 13.5. The van der Waals surface area contributed by atoms with Gasteiger partial charge in [0, 0.05) is 22.8 Å². The van der Waals surface area contributed by atoms with Crippen LogP contribution in [0.5, 0.6) is 0 Å². The maximum Gasteiger partial charge on any atom is 0.251 e. The molecule has 1 aromatic rings. The Morgan fingerprint density at radius 3 is 2.62 bits per heavy atom. The maximum atomic E-state index is 12.4. The predicted molar refractivity (Wildman–Crippen MR) is 117 cm³/mol. The Morgan fingerprint density at radius 2 is 2.00 bits per heavy atom. The number of rotatable bonds is 12. The van der Waals surface area contributed by atoms with Crippen molar-refractivity contribution in [1.29, 1.82) is 0 Å². The first-order chi connectivity index (χ1) is 12.6. The van der Waals surface area contributed by atoms with Crippen LogP contribution in [0.15, 0.2) is 60.1 Å². The van der Waals surface area contributed by atoms with Crippen molar-refractivity contribution in [3.8, 4) is 0 Å². The number of hydrogen-bond donors (Lipinski definition) is 1. The molecule has 0 aromatic heterocycles. The minimum Gasteiger partial charge on any atom is -0.347 e. The number of hydrogen-bond acceptors (Lipinski definition) is 2. The fourth-order valence-corrected chi connectivity index (χ4v) is 3.43. The van der Waals surface area contributed by atoms with Crippen LogP contribution in [0.3, 0.4) is 0 Å². The zero-order valence-electron chi connectivity index (χ0n) is 16.5. The van der Waals surface area contributed by atoms with Crippen LogP contribution in [0.25, 0.3) is 0 Å². The molecule has 1 aromatic carbocycles. The molecule has 0 spiro atoms. The Labute approximate surface area is 163 Å². The smallest absolute Gasteiger partial charge is 0.251 e. The lowest BCUT2D eigenvalue weighted by Crippen LogP contribution is -2.25. The molecule has 2 nitrogen and oxygen atoms in total. The summed E-state index contributed by atoms with van der Waals surface area (Å²) in [5.41, 5.74) is 2.02. The molecule has 1 N–H and O–H groups in total. The Kier molecular flexibility index (Phi) is 11.5. The van der Waals surface area contributed by atoms with E-state index in [1.807, 2.05) is 31.2 Å². The van der Waals surface area contributed by atoms with Gasteiger partial charge in [0.15, 0.2) is 0 Å². The molecule has 1 atom stereocenters. The number of allylic oxidation sites excluding steroid dienone is 3. The predicted octanol–water partition coefficient (Wildman–Crippen LogP) is 6.16. The zero-order chi connectivity index (χ0) is 19.2. The van der Waals surface area contributed by atoms with Crippen molar-refractivity contribution in [3.05, 3.63) is 71.2 Å². The number of benzene rings is 1. The van der Waals surface area contributed by atoms with Gasteiger partial charge in [0.1, 0.15) is 0 Å². The molecular weight excluding hydrogens is 338 g/mol. The van der Waals surface area contributed by atoms with E-state index in [1.54, 1.807) is 11.8 Å². The van der Waals surface area contributed by atoms with Gasteiger partial charge in [-0.25, -0.2) is 0 Å². The van der Waals surface area contributed by atoms with Gasteiger partial charge in [0.05, 0.1) is 0 Å². The van der Waals surface area contributed by atoms with Gasteiger partial charge in [0.25, 0.3) is 5.91 Å². The van der Waals surface area contributed by atoms with Crippen LogP contribution in [0.2, 0.25) is 0 Å². The summed E-state index contributed by atoms with van der Waals surface area (Å²) in [6.45, 7) is 10.7. The van der Waals surface area contributed by atoms with Crippen LogP contribution in [0, 0.1) is 5.92 Å². The van der Waals surface area contributed by atoms with Crippen molar-refractivity contribution < 1.29 is 4.79 Å². The third-order valence-electron chi connectivity index (χ3n) is 4.13. The lowest BCUT2D eigenvalue weighted by molar-refractivity contribution is 0.0957. The summed E-state index contributed by atoms with van der Waals surface area (Å²) < 4.78 is 0. The number of nitrogens with one attached hydrogen (secondary N) is 1. The van der Waals surface area contributed by atoms with Gasteiger partial charge in [-0.05, 0) is 43.4 Å².